The van der Waals surface area contributed by atoms with Gasteiger partial charge in [-0.3, -0.25) is 0 Å². The van der Waals surface area contributed by atoms with Gasteiger partial charge in [0, 0.05) is 13.0 Å². The molecule has 0 aromatic heterocycles. The highest BCUT2D eigenvalue weighted by Crippen LogP contribution is 2.37. The Hall–Kier alpha value is -2.61. The van der Waals surface area contributed by atoms with E-state index in [0.29, 0.717) is 13.0 Å². The smallest absolute Gasteiger partial charge is 0.214 e. The summed E-state index contributed by atoms with van der Waals surface area (Å²) in [5, 5.41) is 0. The van der Waals surface area contributed by atoms with Gasteiger partial charge in [0.05, 0.1) is 0 Å². The van der Waals surface area contributed by atoms with E-state index in [-0.39, 0.29) is 6.42 Å². The normalized spacial score (nSPS) is 19.1. The Morgan fingerprint density at radius 2 is 1.75 bits per heavy atom. The highest BCUT2D eigenvalue weighted by molar-refractivity contribution is 7.91. The molecule has 0 aliphatic heterocycles. The Morgan fingerprint density at radius 1 is 1.07 bits per heavy atom. The van der Waals surface area contributed by atoms with E-state index in [1.807, 2.05) is 49.4 Å². The van der Waals surface area contributed by atoms with Gasteiger partial charge in [0.1, 0.15) is 4.75 Å². The lowest BCUT2D eigenvalue weighted by molar-refractivity contribution is 0.538. The van der Waals surface area contributed by atoms with Crippen molar-refractivity contribution in [2.45, 2.75) is 30.9 Å². The van der Waals surface area contributed by atoms with Crippen molar-refractivity contribution in [1.29, 1.82) is 0 Å². The molecule has 28 heavy (non-hydrogen) atoms. The largest absolute Gasteiger partial charge is 0.222 e. The number of nitrogens with one attached hydrogen (secondary N) is 1. The van der Waals surface area contributed by atoms with E-state index in [2.05, 4.69) is 34.9 Å². The van der Waals surface area contributed by atoms with Gasteiger partial charge in [-0.2, -0.15) is 0 Å². The van der Waals surface area contributed by atoms with E-state index in [1.165, 1.54) is 0 Å². The first-order valence-corrected chi connectivity index (χ1v) is 11.0. The maximum absolute atomic E-state index is 12.9. The summed E-state index contributed by atoms with van der Waals surface area (Å²) in [6.45, 7) is 2.35. The highest BCUT2D eigenvalue weighted by Gasteiger charge is 2.41. The fourth-order valence-electron chi connectivity index (χ4n) is 3.44. The van der Waals surface area contributed by atoms with E-state index < -0.39 is 14.8 Å². The van der Waals surface area contributed by atoms with Crippen LogP contribution in [0.4, 0.5) is 0 Å². The van der Waals surface area contributed by atoms with Crippen LogP contribution in [0.5, 0.6) is 0 Å². The Labute approximate surface area is 168 Å². The molecule has 3 nitrogen and oxygen atoms in total. The first-order valence-electron chi connectivity index (χ1n) is 9.50. The van der Waals surface area contributed by atoms with Crippen LogP contribution < -0.4 is 4.72 Å². The molecule has 0 spiro atoms. The molecule has 0 saturated heterocycles. The Balaban J connectivity index is 1.97. The monoisotopic (exact) mass is 391 g/mol. The molecule has 1 atom stereocenters. The van der Waals surface area contributed by atoms with Crippen molar-refractivity contribution in [1.82, 2.24) is 4.72 Å². The third-order valence-electron chi connectivity index (χ3n) is 5.04. The Kier molecular flexibility index (Phi) is 6.18. The SMILES string of the molecule is C#CCC1(S(=O)(=O)NCCC)C=CC(c2ccccc2-c2ccccc2)=CC1. The Bertz CT molecular complexity index is 1030. The summed E-state index contributed by atoms with van der Waals surface area (Å²) in [4.78, 5) is 0. The molecule has 1 aliphatic rings. The molecule has 4 heteroatoms. The highest BCUT2D eigenvalue weighted by atomic mass is 32.2. The summed E-state index contributed by atoms with van der Waals surface area (Å²) in [5.74, 6) is 2.55. The first-order chi connectivity index (χ1) is 13.5. The van der Waals surface area contributed by atoms with Crippen molar-refractivity contribution in [3.8, 4) is 23.5 Å². The molecule has 0 heterocycles. The second kappa shape index (κ2) is 8.60. The van der Waals surface area contributed by atoms with Crippen LogP contribution in [0.1, 0.15) is 31.7 Å². The second-order valence-electron chi connectivity index (χ2n) is 6.95. The predicted octanol–water partition coefficient (Wildman–Crippen LogP) is 4.79. The van der Waals surface area contributed by atoms with Gasteiger partial charge in [-0.05, 0) is 35.1 Å². The van der Waals surface area contributed by atoms with Crippen molar-refractivity contribution in [2.75, 3.05) is 6.54 Å². The molecule has 1 aliphatic carbocycles. The number of sulfonamides is 1. The molecule has 0 amide bonds. The van der Waals surface area contributed by atoms with Crippen LogP contribution in [-0.2, 0) is 10.0 Å². The summed E-state index contributed by atoms with van der Waals surface area (Å²) in [6, 6.07) is 18.3. The molecule has 3 rings (SSSR count). The molecule has 0 radical (unpaired) electrons. The predicted molar refractivity (Wildman–Crippen MR) is 117 cm³/mol. The number of terminal acetylenes is 1. The minimum absolute atomic E-state index is 0.145. The molecule has 144 valence electrons. The lowest BCUT2D eigenvalue weighted by Crippen LogP contribution is -2.45. The van der Waals surface area contributed by atoms with Gasteiger partial charge in [-0.15, -0.1) is 12.3 Å². The fraction of sp³-hybridized carbons (Fsp3) is 0.250. The minimum Gasteiger partial charge on any atom is -0.214 e. The minimum atomic E-state index is -3.56. The molecule has 0 fully saturated rings. The molecular formula is C24H25NO2S. The molecule has 1 unspecified atom stereocenters. The summed E-state index contributed by atoms with van der Waals surface area (Å²) in [5.41, 5.74) is 4.34. The zero-order valence-corrected chi connectivity index (χ0v) is 16.9. The quantitative estimate of drug-likeness (QED) is 0.690. The summed E-state index contributed by atoms with van der Waals surface area (Å²) < 4.78 is 27.4. The van der Waals surface area contributed by atoms with Crippen molar-refractivity contribution >= 4 is 15.6 Å². The number of hydrogen-bond acceptors (Lipinski definition) is 2. The van der Waals surface area contributed by atoms with Crippen molar-refractivity contribution in [3.05, 3.63) is 78.4 Å². The van der Waals surface area contributed by atoms with Gasteiger partial charge < -0.3 is 0 Å². The average molecular weight is 392 g/mol. The molecular weight excluding hydrogens is 366 g/mol. The Morgan fingerprint density at radius 3 is 2.36 bits per heavy atom. The van der Waals surface area contributed by atoms with E-state index in [9.17, 15) is 8.42 Å². The molecule has 2 aromatic carbocycles. The molecule has 2 aromatic rings. The maximum atomic E-state index is 12.9. The fourth-order valence-corrected chi connectivity index (χ4v) is 5.03. The third kappa shape index (κ3) is 3.96. The lowest BCUT2D eigenvalue weighted by Gasteiger charge is -2.30. The van der Waals surface area contributed by atoms with E-state index in [0.717, 1.165) is 28.7 Å². The van der Waals surface area contributed by atoms with Crippen molar-refractivity contribution < 1.29 is 8.42 Å². The van der Waals surface area contributed by atoms with E-state index in [1.54, 1.807) is 6.08 Å². The maximum Gasteiger partial charge on any atom is 0.222 e. The van der Waals surface area contributed by atoms with Gasteiger partial charge in [0.15, 0.2) is 0 Å². The molecule has 1 N–H and O–H groups in total. The van der Waals surface area contributed by atoms with E-state index >= 15 is 0 Å². The van der Waals surface area contributed by atoms with Crippen LogP contribution in [0.3, 0.4) is 0 Å². The van der Waals surface area contributed by atoms with Gasteiger partial charge in [-0.1, -0.05) is 79.7 Å². The summed E-state index contributed by atoms with van der Waals surface area (Å²) in [7, 11) is -3.56. The summed E-state index contributed by atoms with van der Waals surface area (Å²) in [6.07, 6.45) is 12.4. The van der Waals surface area contributed by atoms with Crippen LogP contribution in [-0.4, -0.2) is 19.7 Å². The average Bonchev–Trinajstić information content (AvgIpc) is 2.73. The summed E-state index contributed by atoms with van der Waals surface area (Å²) >= 11 is 0. The van der Waals surface area contributed by atoms with Crippen LogP contribution in [0.25, 0.3) is 16.7 Å². The van der Waals surface area contributed by atoms with Gasteiger partial charge in [-0.25, -0.2) is 13.1 Å². The zero-order chi connectivity index (χ0) is 20.0. The number of hydrogen-bond donors (Lipinski definition) is 1. The lowest BCUT2D eigenvalue weighted by atomic mass is 9.87. The topological polar surface area (TPSA) is 46.2 Å². The van der Waals surface area contributed by atoms with Crippen LogP contribution in [0, 0.1) is 12.3 Å². The van der Waals surface area contributed by atoms with E-state index in [4.69, 9.17) is 6.42 Å². The number of allylic oxidation sites excluding steroid dienone is 3. The first kappa shape index (κ1) is 20.1. The van der Waals surface area contributed by atoms with Crippen molar-refractivity contribution in [2.24, 2.45) is 0 Å². The number of benzene rings is 2. The number of rotatable bonds is 7. The standard InChI is InChI=1S/C24H25NO2S/c1-3-16-24(28(26,27)25-19-4-2)17-14-21(15-18-24)23-13-9-8-12-22(23)20-10-6-5-7-11-20/h1,5-15,17,25H,4,16,18-19H2,2H3. The zero-order valence-electron chi connectivity index (χ0n) is 16.1. The molecule has 0 saturated carbocycles. The van der Waals surface area contributed by atoms with Gasteiger partial charge in [0.25, 0.3) is 0 Å². The van der Waals surface area contributed by atoms with Crippen LogP contribution in [0.2, 0.25) is 0 Å². The second-order valence-corrected chi connectivity index (χ2v) is 9.06. The van der Waals surface area contributed by atoms with Gasteiger partial charge >= 0.3 is 0 Å². The van der Waals surface area contributed by atoms with Crippen molar-refractivity contribution in [3.63, 3.8) is 0 Å². The van der Waals surface area contributed by atoms with Crippen LogP contribution >= 0.6 is 0 Å². The van der Waals surface area contributed by atoms with Crippen LogP contribution in [0.15, 0.2) is 72.8 Å². The third-order valence-corrected chi connectivity index (χ3v) is 7.14. The van der Waals surface area contributed by atoms with Gasteiger partial charge in [0.2, 0.25) is 10.0 Å². The molecule has 0 bridgehead atoms.